The Kier molecular flexibility index (Phi) is 10.8. The average molecular weight is 649 g/mol. The molecule has 0 bridgehead atoms. The number of piperidine rings is 1. The minimum absolute atomic E-state index is 0.0767. The SMILES string of the molecule is O=C1C[C@@H](N2CCCCC2)C(=O)NC[C@@H](Cc2ccccc2)NC(=O)[C@H](Cc2ccccc2)NC(=O)[C@H](Cc2c[nH]c3ccccc23)N1. The van der Waals surface area contributed by atoms with Crippen LogP contribution in [0, 0.1) is 0 Å². The van der Waals surface area contributed by atoms with Crippen LogP contribution in [0.4, 0.5) is 0 Å². The molecule has 250 valence electrons. The molecule has 3 heterocycles. The number of para-hydroxylation sites is 1. The molecule has 0 unspecified atom stereocenters. The number of H-pyrrole nitrogens is 1. The molecule has 48 heavy (non-hydrogen) atoms. The number of aromatic nitrogens is 1. The molecule has 4 atom stereocenters. The van der Waals surface area contributed by atoms with Crippen molar-refractivity contribution in [1.29, 1.82) is 0 Å². The number of nitrogens with zero attached hydrogens (tertiary/aromatic N) is 1. The molecule has 1 aromatic heterocycles. The molecule has 0 aliphatic carbocycles. The predicted molar refractivity (Wildman–Crippen MR) is 185 cm³/mol. The van der Waals surface area contributed by atoms with Gasteiger partial charge in [0.2, 0.25) is 23.6 Å². The van der Waals surface area contributed by atoms with E-state index in [9.17, 15) is 19.2 Å². The van der Waals surface area contributed by atoms with E-state index in [1.54, 1.807) is 0 Å². The van der Waals surface area contributed by atoms with Crippen LogP contribution in [0.2, 0.25) is 0 Å². The maximum absolute atomic E-state index is 14.2. The van der Waals surface area contributed by atoms with E-state index in [1.165, 1.54) is 0 Å². The van der Waals surface area contributed by atoms with Gasteiger partial charge in [-0.25, -0.2) is 0 Å². The summed E-state index contributed by atoms with van der Waals surface area (Å²) >= 11 is 0. The van der Waals surface area contributed by atoms with Gasteiger partial charge in [0, 0.05) is 36.5 Å². The van der Waals surface area contributed by atoms with Crippen LogP contribution in [-0.2, 0) is 38.4 Å². The van der Waals surface area contributed by atoms with Gasteiger partial charge in [-0.2, -0.15) is 0 Å². The van der Waals surface area contributed by atoms with Crippen LogP contribution in [0.1, 0.15) is 42.4 Å². The zero-order valence-corrected chi connectivity index (χ0v) is 27.1. The molecule has 6 rings (SSSR count). The van der Waals surface area contributed by atoms with Crippen molar-refractivity contribution in [3.63, 3.8) is 0 Å². The monoisotopic (exact) mass is 648 g/mol. The summed E-state index contributed by atoms with van der Waals surface area (Å²) in [5.74, 6) is -1.46. The number of nitrogens with one attached hydrogen (secondary N) is 5. The van der Waals surface area contributed by atoms with Crippen molar-refractivity contribution in [2.75, 3.05) is 19.6 Å². The fourth-order valence-electron chi connectivity index (χ4n) is 6.82. The molecule has 2 aliphatic rings. The van der Waals surface area contributed by atoms with Gasteiger partial charge < -0.3 is 26.3 Å². The first kappa shape index (κ1) is 33.0. The highest BCUT2D eigenvalue weighted by molar-refractivity contribution is 5.95. The molecule has 3 aromatic carbocycles. The van der Waals surface area contributed by atoms with Gasteiger partial charge in [0.1, 0.15) is 12.1 Å². The second-order valence-electron chi connectivity index (χ2n) is 12.9. The van der Waals surface area contributed by atoms with E-state index in [0.29, 0.717) is 6.42 Å². The standard InChI is InChI=1S/C38H44N6O4/c45-35-23-34(44-18-10-3-11-19-44)38(48)40-25-29(20-26-12-4-1-5-13-26)41-36(46)32(21-27-14-6-2-7-15-27)43-37(47)33(42-35)22-28-24-39-31-17-9-8-16-30(28)31/h1-2,4-9,12-17,24,29,32-34,39H,3,10-11,18-23,25H2,(H,40,48)(H,41,46)(H,42,45)(H,43,47)/t29-,32+,33+,34-/m1/s1. The van der Waals surface area contributed by atoms with Crippen molar-refractivity contribution in [2.45, 2.75) is 69.1 Å². The van der Waals surface area contributed by atoms with Gasteiger partial charge in [0.15, 0.2) is 0 Å². The summed E-state index contributed by atoms with van der Waals surface area (Å²) < 4.78 is 0. The minimum atomic E-state index is -0.976. The Labute approximate surface area is 281 Å². The Morgan fingerprint density at radius 2 is 1.25 bits per heavy atom. The summed E-state index contributed by atoms with van der Waals surface area (Å²) in [5, 5.41) is 13.1. The van der Waals surface area contributed by atoms with Gasteiger partial charge in [0.25, 0.3) is 0 Å². The second kappa shape index (κ2) is 15.8. The van der Waals surface area contributed by atoms with E-state index in [2.05, 4.69) is 31.2 Å². The van der Waals surface area contributed by atoms with Gasteiger partial charge in [0.05, 0.1) is 18.5 Å². The van der Waals surface area contributed by atoms with E-state index in [4.69, 9.17) is 0 Å². The molecule has 2 fully saturated rings. The van der Waals surface area contributed by atoms with E-state index < -0.39 is 30.1 Å². The molecule has 0 radical (unpaired) electrons. The molecule has 4 amide bonds. The molecule has 2 aliphatic heterocycles. The van der Waals surface area contributed by atoms with Crippen molar-refractivity contribution in [2.24, 2.45) is 0 Å². The van der Waals surface area contributed by atoms with E-state index in [0.717, 1.165) is 59.9 Å². The molecule has 5 N–H and O–H groups in total. The van der Waals surface area contributed by atoms with Gasteiger partial charge in [-0.05, 0) is 55.1 Å². The molecule has 2 saturated heterocycles. The summed E-state index contributed by atoms with van der Waals surface area (Å²) in [7, 11) is 0. The third-order valence-corrected chi connectivity index (χ3v) is 9.37. The highest BCUT2D eigenvalue weighted by Crippen LogP contribution is 2.20. The zero-order chi connectivity index (χ0) is 33.3. The summed E-state index contributed by atoms with van der Waals surface area (Å²) in [6, 6.07) is 24.1. The lowest BCUT2D eigenvalue weighted by molar-refractivity contribution is -0.135. The summed E-state index contributed by atoms with van der Waals surface area (Å²) in [6.07, 6.45) is 5.70. The maximum atomic E-state index is 14.2. The zero-order valence-electron chi connectivity index (χ0n) is 27.1. The molecular weight excluding hydrogens is 604 g/mol. The average Bonchev–Trinajstić information content (AvgIpc) is 3.52. The minimum Gasteiger partial charge on any atom is -0.361 e. The van der Waals surface area contributed by atoms with Gasteiger partial charge in [-0.3, -0.25) is 24.1 Å². The number of amides is 4. The quantitative estimate of drug-likeness (QED) is 0.210. The molecule has 4 aromatic rings. The van der Waals surface area contributed by atoms with Crippen molar-refractivity contribution >= 4 is 34.5 Å². The number of hydrogen-bond donors (Lipinski definition) is 5. The fraction of sp³-hybridized carbons (Fsp3) is 0.368. The summed E-state index contributed by atoms with van der Waals surface area (Å²) in [6.45, 7) is 1.62. The first-order chi connectivity index (χ1) is 23.4. The van der Waals surface area contributed by atoms with Crippen LogP contribution in [-0.4, -0.2) is 77.3 Å². The first-order valence-corrected chi connectivity index (χ1v) is 17.0. The number of carbonyl (C=O) groups is 4. The maximum Gasteiger partial charge on any atom is 0.243 e. The molecule has 10 heteroatoms. The van der Waals surface area contributed by atoms with Gasteiger partial charge in [-0.15, -0.1) is 0 Å². The Morgan fingerprint density at radius 1 is 0.625 bits per heavy atom. The van der Waals surface area contributed by atoms with Crippen molar-refractivity contribution in [3.05, 3.63) is 108 Å². The number of aromatic amines is 1. The van der Waals surface area contributed by atoms with Crippen LogP contribution in [0.25, 0.3) is 10.9 Å². The Morgan fingerprint density at radius 3 is 1.98 bits per heavy atom. The van der Waals surface area contributed by atoms with Crippen molar-refractivity contribution < 1.29 is 19.2 Å². The lowest BCUT2D eigenvalue weighted by Crippen LogP contribution is -2.59. The molecule has 10 nitrogen and oxygen atoms in total. The second-order valence-corrected chi connectivity index (χ2v) is 12.9. The number of benzene rings is 3. The van der Waals surface area contributed by atoms with Crippen LogP contribution in [0.5, 0.6) is 0 Å². The number of rotatable bonds is 7. The topological polar surface area (TPSA) is 135 Å². The van der Waals surface area contributed by atoms with E-state index in [-0.39, 0.29) is 43.5 Å². The Balaban J connectivity index is 1.33. The highest BCUT2D eigenvalue weighted by atomic mass is 16.2. The van der Waals surface area contributed by atoms with Crippen molar-refractivity contribution in [3.8, 4) is 0 Å². The van der Waals surface area contributed by atoms with Crippen LogP contribution < -0.4 is 21.3 Å². The van der Waals surface area contributed by atoms with Crippen LogP contribution in [0.3, 0.4) is 0 Å². The normalized spacial score (nSPS) is 23.4. The largest absolute Gasteiger partial charge is 0.361 e. The predicted octanol–water partition coefficient (Wildman–Crippen LogP) is 3.02. The summed E-state index contributed by atoms with van der Waals surface area (Å²) in [4.78, 5) is 61.1. The molecule has 0 saturated carbocycles. The van der Waals surface area contributed by atoms with E-state index in [1.807, 2.05) is 91.1 Å². The van der Waals surface area contributed by atoms with E-state index >= 15 is 0 Å². The fourth-order valence-corrected chi connectivity index (χ4v) is 6.82. The number of likely N-dealkylation sites (tertiary alicyclic amines) is 1. The lowest BCUT2D eigenvalue weighted by Gasteiger charge is -2.34. The van der Waals surface area contributed by atoms with Crippen molar-refractivity contribution in [1.82, 2.24) is 31.2 Å². The Hall–Kier alpha value is -4.96. The number of fused-ring (bicyclic) bond motifs is 1. The van der Waals surface area contributed by atoms with Crippen LogP contribution >= 0.6 is 0 Å². The molecule has 0 spiro atoms. The third kappa shape index (κ3) is 8.49. The molecular formula is C38H44N6O4. The smallest absolute Gasteiger partial charge is 0.243 e. The first-order valence-electron chi connectivity index (χ1n) is 17.0. The summed E-state index contributed by atoms with van der Waals surface area (Å²) in [5.41, 5.74) is 3.68. The number of carbonyl (C=O) groups excluding carboxylic acids is 4. The lowest BCUT2D eigenvalue weighted by atomic mass is 10.00. The van der Waals surface area contributed by atoms with Crippen LogP contribution in [0.15, 0.2) is 91.1 Å². The van der Waals surface area contributed by atoms with Gasteiger partial charge >= 0.3 is 0 Å². The third-order valence-electron chi connectivity index (χ3n) is 9.37. The highest BCUT2D eigenvalue weighted by Gasteiger charge is 2.34. The number of hydrogen-bond acceptors (Lipinski definition) is 5. The Bertz CT molecular complexity index is 1700. The van der Waals surface area contributed by atoms with Gasteiger partial charge in [-0.1, -0.05) is 85.3 Å².